The van der Waals surface area contributed by atoms with Gasteiger partial charge in [0.2, 0.25) is 0 Å². The molecule has 0 amide bonds. The van der Waals surface area contributed by atoms with Crippen molar-refractivity contribution in [3.63, 3.8) is 0 Å². The highest BCUT2D eigenvalue weighted by Gasteiger charge is 2.48. The normalized spacial score (nSPS) is 34.5. The lowest BCUT2D eigenvalue weighted by molar-refractivity contribution is -0.0877. The average molecular weight is 349 g/mol. The second kappa shape index (κ2) is 6.91. The molecule has 2 fully saturated rings. The molecule has 0 aliphatic heterocycles. The number of hydrogen-bond donors (Lipinski definition) is 0. The van der Waals surface area contributed by atoms with Crippen LogP contribution in [0.4, 0.5) is 0 Å². The van der Waals surface area contributed by atoms with Crippen molar-refractivity contribution in [1.29, 1.82) is 0 Å². The Morgan fingerprint density at radius 3 is 2.14 bits per heavy atom. The fourth-order valence-corrected chi connectivity index (χ4v) is 6.60. The zero-order valence-corrected chi connectivity index (χ0v) is 16.4. The zero-order chi connectivity index (χ0) is 16.4. The summed E-state index contributed by atoms with van der Waals surface area (Å²) in [5, 5.41) is 0. The lowest BCUT2D eigenvalue weighted by Crippen LogP contribution is -2.54. The van der Waals surface area contributed by atoms with E-state index in [0.717, 1.165) is 44.9 Å². The molecule has 2 aliphatic rings. The molecule has 0 bridgehead atoms. The van der Waals surface area contributed by atoms with Gasteiger partial charge in [-0.05, 0) is 45.3 Å². The Kier molecular flexibility index (Phi) is 5.79. The fourth-order valence-electron chi connectivity index (χ4n) is 4.35. The van der Waals surface area contributed by atoms with Crippen molar-refractivity contribution in [3.8, 4) is 0 Å². The molecular weight excluding hydrogens is 316 g/mol. The molecule has 2 rings (SSSR count). The van der Waals surface area contributed by atoms with E-state index in [1.54, 1.807) is 0 Å². The van der Waals surface area contributed by atoms with E-state index in [1.165, 1.54) is 19.1 Å². The number of fused-ring (bicyclic) bond motifs is 1. The van der Waals surface area contributed by atoms with Crippen molar-refractivity contribution in [2.24, 2.45) is 5.92 Å². The van der Waals surface area contributed by atoms with Crippen molar-refractivity contribution in [2.45, 2.75) is 89.1 Å². The van der Waals surface area contributed by atoms with Crippen LogP contribution < -0.4 is 0 Å². The van der Waals surface area contributed by atoms with Crippen LogP contribution in [0.15, 0.2) is 0 Å². The monoisotopic (exact) mass is 348 g/mol. The summed E-state index contributed by atoms with van der Waals surface area (Å²) < 4.78 is 35.7. The summed E-state index contributed by atoms with van der Waals surface area (Å²) in [4.78, 5) is 0. The molecule has 0 aromatic carbocycles. The summed E-state index contributed by atoms with van der Waals surface area (Å²) in [6.45, 7) is 6.70. The maximum Gasteiger partial charge on any atom is 0.264 e. The third-order valence-electron chi connectivity index (χ3n) is 4.89. The van der Waals surface area contributed by atoms with E-state index in [0.29, 0.717) is 0 Å². The maximum atomic E-state index is 11.7. The van der Waals surface area contributed by atoms with E-state index in [4.69, 9.17) is 8.61 Å². The van der Waals surface area contributed by atoms with Gasteiger partial charge in [-0.1, -0.05) is 32.1 Å². The molecule has 0 spiro atoms. The van der Waals surface area contributed by atoms with Gasteiger partial charge < -0.3 is 4.43 Å². The SMILES string of the molecule is C[Si](C)(C)O[C@@]12CCCCCC(OS(C)(=O)=O)C1CCCC2. The van der Waals surface area contributed by atoms with Crippen LogP contribution in [0.5, 0.6) is 0 Å². The Labute approximate surface area is 137 Å². The molecule has 0 radical (unpaired) electrons. The molecule has 130 valence electrons. The van der Waals surface area contributed by atoms with Gasteiger partial charge in [0, 0.05) is 5.92 Å². The summed E-state index contributed by atoms with van der Waals surface area (Å²) in [6.07, 6.45) is 10.7. The molecule has 3 atom stereocenters. The topological polar surface area (TPSA) is 52.6 Å². The first-order valence-electron chi connectivity index (χ1n) is 8.70. The van der Waals surface area contributed by atoms with E-state index in [2.05, 4.69) is 19.6 Å². The van der Waals surface area contributed by atoms with E-state index in [9.17, 15) is 8.42 Å². The lowest BCUT2D eigenvalue weighted by Gasteiger charge is -2.51. The van der Waals surface area contributed by atoms with Crippen LogP contribution in [-0.2, 0) is 18.7 Å². The van der Waals surface area contributed by atoms with Crippen molar-refractivity contribution in [3.05, 3.63) is 0 Å². The molecular formula is C16H32O4SSi. The van der Waals surface area contributed by atoms with E-state index in [1.807, 2.05) is 0 Å². The van der Waals surface area contributed by atoms with Crippen LogP contribution in [-0.4, -0.2) is 34.7 Å². The Hall–Kier alpha value is 0.0869. The van der Waals surface area contributed by atoms with Gasteiger partial charge in [0.05, 0.1) is 18.0 Å². The predicted octanol–water partition coefficient (Wildman–Crippen LogP) is 4.08. The van der Waals surface area contributed by atoms with Crippen LogP contribution >= 0.6 is 0 Å². The summed E-state index contributed by atoms with van der Waals surface area (Å²) in [5.41, 5.74) is -0.154. The van der Waals surface area contributed by atoms with Crippen molar-refractivity contribution in [2.75, 3.05) is 6.26 Å². The van der Waals surface area contributed by atoms with Gasteiger partial charge >= 0.3 is 0 Å². The summed E-state index contributed by atoms with van der Waals surface area (Å²) >= 11 is 0. The third kappa shape index (κ3) is 5.04. The quantitative estimate of drug-likeness (QED) is 0.567. The van der Waals surface area contributed by atoms with E-state index < -0.39 is 18.4 Å². The van der Waals surface area contributed by atoms with Gasteiger partial charge in [-0.2, -0.15) is 8.42 Å². The van der Waals surface area contributed by atoms with E-state index in [-0.39, 0.29) is 17.6 Å². The van der Waals surface area contributed by atoms with Gasteiger partial charge in [-0.3, -0.25) is 4.18 Å². The first kappa shape index (κ1) is 18.4. The minimum atomic E-state index is -3.42. The van der Waals surface area contributed by atoms with Crippen molar-refractivity contribution in [1.82, 2.24) is 0 Å². The summed E-state index contributed by atoms with van der Waals surface area (Å²) in [6, 6.07) is 0. The third-order valence-corrected chi connectivity index (χ3v) is 6.50. The van der Waals surface area contributed by atoms with E-state index >= 15 is 0 Å². The Morgan fingerprint density at radius 2 is 1.55 bits per heavy atom. The maximum absolute atomic E-state index is 11.7. The molecule has 0 heterocycles. The molecule has 2 aliphatic carbocycles. The van der Waals surface area contributed by atoms with Crippen molar-refractivity contribution >= 4 is 18.4 Å². The Bertz CT molecular complexity index is 471. The van der Waals surface area contributed by atoms with Crippen LogP contribution in [0.1, 0.15) is 57.8 Å². The molecule has 0 saturated heterocycles. The molecule has 2 saturated carbocycles. The summed E-state index contributed by atoms with van der Waals surface area (Å²) in [5.74, 6) is 0.225. The number of rotatable bonds is 4. The largest absolute Gasteiger partial charge is 0.412 e. The molecule has 0 N–H and O–H groups in total. The van der Waals surface area contributed by atoms with Crippen molar-refractivity contribution < 1.29 is 17.0 Å². The van der Waals surface area contributed by atoms with Gasteiger partial charge in [0.25, 0.3) is 10.1 Å². The van der Waals surface area contributed by atoms with Crippen LogP contribution in [0.3, 0.4) is 0 Å². The molecule has 0 aromatic heterocycles. The number of hydrogen-bond acceptors (Lipinski definition) is 4. The standard InChI is InChI=1S/C16H32O4SSi/c1-21(17,18)19-15-11-6-5-8-12-16(20-22(2,3)4)13-9-7-10-14(15)16/h14-15H,5-13H2,1-4H3/t14?,15?,16-/m1/s1. The Morgan fingerprint density at radius 1 is 0.955 bits per heavy atom. The molecule has 2 unspecified atom stereocenters. The smallest absolute Gasteiger partial charge is 0.264 e. The highest BCUT2D eigenvalue weighted by molar-refractivity contribution is 7.86. The first-order valence-corrected chi connectivity index (χ1v) is 13.9. The zero-order valence-electron chi connectivity index (χ0n) is 14.6. The lowest BCUT2D eigenvalue weighted by atomic mass is 9.68. The van der Waals surface area contributed by atoms with Crippen LogP contribution in [0, 0.1) is 5.92 Å². The minimum absolute atomic E-state index is 0.154. The van der Waals surface area contributed by atoms with Crippen LogP contribution in [0.25, 0.3) is 0 Å². The first-order chi connectivity index (χ1) is 10.1. The minimum Gasteiger partial charge on any atom is -0.412 e. The van der Waals surface area contributed by atoms with Gasteiger partial charge in [0.1, 0.15) is 0 Å². The fraction of sp³-hybridized carbons (Fsp3) is 1.00. The highest BCUT2D eigenvalue weighted by atomic mass is 32.2. The highest BCUT2D eigenvalue weighted by Crippen LogP contribution is 2.47. The molecule has 6 heteroatoms. The molecule has 0 aromatic rings. The van der Waals surface area contributed by atoms with Crippen LogP contribution in [0.2, 0.25) is 19.6 Å². The van der Waals surface area contributed by atoms with Gasteiger partial charge in [-0.25, -0.2) is 0 Å². The second-order valence-corrected chi connectivity index (χ2v) is 14.1. The summed E-state index contributed by atoms with van der Waals surface area (Å²) in [7, 11) is -5.11. The average Bonchev–Trinajstić information content (AvgIpc) is 2.32. The van der Waals surface area contributed by atoms with Gasteiger partial charge in [0.15, 0.2) is 8.32 Å². The second-order valence-electron chi connectivity index (χ2n) is 8.07. The Balaban J connectivity index is 2.31. The molecule has 4 nitrogen and oxygen atoms in total. The predicted molar refractivity (Wildman–Crippen MR) is 91.9 cm³/mol. The molecule has 22 heavy (non-hydrogen) atoms. The van der Waals surface area contributed by atoms with Gasteiger partial charge in [-0.15, -0.1) is 0 Å².